The Balaban J connectivity index is 1.40. The Bertz CT molecular complexity index is 1650. The zero-order chi connectivity index (χ0) is 25.5. The van der Waals surface area contributed by atoms with Crippen LogP contribution in [0, 0.1) is 5.82 Å². The van der Waals surface area contributed by atoms with Gasteiger partial charge in [0.1, 0.15) is 21.6 Å². The van der Waals surface area contributed by atoms with E-state index in [0.717, 1.165) is 23.7 Å². The molecule has 9 heteroatoms. The van der Waals surface area contributed by atoms with Gasteiger partial charge >= 0.3 is 0 Å². The molecule has 0 atom stereocenters. The number of hydrogen-bond donors (Lipinski definition) is 0. The van der Waals surface area contributed by atoms with E-state index in [4.69, 9.17) is 17.2 Å². The highest BCUT2D eigenvalue weighted by Gasteiger charge is 2.33. The molecular formula is C28H21FN4O2S2. The van der Waals surface area contributed by atoms with Crippen LogP contribution in [-0.2, 0) is 24.3 Å². The number of amides is 1. The minimum atomic E-state index is -0.342. The molecule has 2 aromatic heterocycles. The van der Waals surface area contributed by atoms with Gasteiger partial charge in [-0.3, -0.25) is 18.9 Å². The van der Waals surface area contributed by atoms with E-state index in [-0.39, 0.29) is 23.8 Å². The number of pyridine rings is 1. The lowest BCUT2D eigenvalue weighted by Gasteiger charge is -2.30. The SMILES string of the molecule is O=C1C(=Cc2c(N3CCc4ccccc4C3)nc3ccccn3c2=O)SC(=S)N1Cc1ccc(F)cc1. The minimum Gasteiger partial charge on any atom is -0.351 e. The number of carbonyl (C=O) groups is 1. The van der Waals surface area contributed by atoms with E-state index in [1.54, 1.807) is 36.5 Å². The molecule has 4 heterocycles. The third-order valence-electron chi connectivity index (χ3n) is 6.58. The van der Waals surface area contributed by atoms with E-state index in [1.807, 2.05) is 18.2 Å². The second kappa shape index (κ2) is 9.57. The van der Waals surface area contributed by atoms with Crippen LogP contribution in [0.4, 0.5) is 10.2 Å². The fourth-order valence-electron chi connectivity index (χ4n) is 4.67. The second-order valence-electron chi connectivity index (χ2n) is 8.92. The summed E-state index contributed by atoms with van der Waals surface area (Å²) in [4.78, 5) is 35.8. The Morgan fingerprint density at radius 2 is 1.76 bits per heavy atom. The third kappa shape index (κ3) is 4.45. The first-order chi connectivity index (χ1) is 18.0. The van der Waals surface area contributed by atoms with Crippen molar-refractivity contribution < 1.29 is 9.18 Å². The second-order valence-corrected chi connectivity index (χ2v) is 10.6. The monoisotopic (exact) mass is 528 g/mol. The van der Waals surface area contributed by atoms with Gasteiger partial charge in [-0.15, -0.1) is 0 Å². The van der Waals surface area contributed by atoms with E-state index >= 15 is 0 Å². The van der Waals surface area contributed by atoms with Crippen LogP contribution >= 0.6 is 24.0 Å². The maximum atomic E-state index is 13.7. The standard InChI is InChI=1S/C28H21FN4O2S2/c29-21-10-8-18(9-11-21)16-33-27(35)23(37-28(33)36)15-22-25(30-24-7-3-4-13-32(24)26(22)34)31-14-12-19-5-1-2-6-20(19)17-31/h1-11,13,15H,12,14,16-17H2. The summed E-state index contributed by atoms with van der Waals surface area (Å²) in [7, 11) is 0. The molecule has 2 aromatic carbocycles. The van der Waals surface area contributed by atoms with Crippen molar-refractivity contribution in [3.05, 3.63) is 116 Å². The third-order valence-corrected chi connectivity index (χ3v) is 7.96. The van der Waals surface area contributed by atoms with Crippen molar-refractivity contribution >= 4 is 51.7 Å². The van der Waals surface area contributed by atoms with Gasteiger partial charge in [0.2, 0.25) is 0 Å². The van der Waals surface area contributed by atoms with Gasteiger partial charge in [0, 0.05) is 19.3 Å². The fourth-order valence-corrected chi connectivity index (χ4v) is 5.91. The number of carbonyl (C=O) groups excluding carboxylic acids is 1. The van der Waals surface area contributed by atoms with Crippen LogP contribution in [0.3, 0.4) is 0 Å². The van der Waals surface area contributed by atoms with Crippen LogP contribution in [0.5, 0.6) is 0 Å². The normalized spacial score (nSPS) is 16.6. The number of benzene rings is 2. The first-order valence-electron chi connectivity index (χ1n) is 11.8. The molecule has 4 aromatic rings. The summed E-state index contributed by atoms with van der Waals surface area (Å²) in [6.07, 6.45) is 4.14. The number of rotatable bonds is 4. The van der Waals surface area contributed by atoms with Crippen LogP contribution in [0.25, 0.3) is 11.7 Å². The van der Waals surface area contributed by atoms with Crippen LogP contribution in [0.1, 0.15) is 22.3 Å². The van der Waals surface area contributed by atoms with Crippen LogP contribution in [0.2, 0.25) is 0 Å². The lowest BCUT2D eigenvalue weighted by molar-refractivity contribution is -0.122. The minimum absolute atomic E-state index is 0.229. The number of thioether (sulfide) groups is 1. The average Bonchev–Trinajstić information content (AvgIpc) is 3.18. The predicted molar refractivity (Wildman–Crippen MR) is 148 cm³/mol. The molecule has 0 radical (unpaired) electrons. The van der Waals surface area contributed by atoms with Crippen molar-refractivity contribution in [2.45, 2.75) is 19.5 Å². The number of anilines is 1. The molecule has 0 bridgehead atoms. The summed E-state index contributed by atoms with van der Waals surface area (Å²) in [5.41, 5.74) is 3.90. The Morgan fingerprint density at radius 3 is 2.57 bits per heavy atom. The molecule has 0 N–H and O–H groups in total. The van der Waals surface area contributed by atoms with Gasteiger partial charge in [0.15, 0.2) is 0 Å². The lowest BCUT2D eigenvalue weighted by Crippen LogP contribution is -2.34. The highest BCUT2D eigenvalue weighted by molar-refractivity contribution is 8.26. The average molecular weight is 529 g/mol. The van der Waals surface area contributed by atoms with Crippen molar-refractivity contribution in [2.24, 2.45) is 0 Å². The predicted octanol–water partition coefficient (Wildman–Crippen LogP) is 4.80. The van der Waals surface area contributed by atoms with Crippen molar-refractivity contribution in [1.82, 2.24) is 14.3 Å². The maximum absolute atomic E-state index is 13.7. The van der Waals surface area contributed by atoms with Crippen LogP contribution in [-0.4, -0.2) is 31.1 Å². The van der Waals surface area contributed by atoms with E-state index in [9.17, 15) is 14.0 Å². The number of hydrogen-bond acceptors (Lipinski definition) is 6. The molecule has 0 unspecified atom stereocenters. The highest BCUT2D eigenvalue weighted by Crippen LogP contribution is 2.35. The Hall–Kier alpha value is -3.82. The fraction of sp³-hybridized carbons (Fsp3) is 0.143. The van der Waals surface area contributed by atoms with Gasteiger partial charge in [0.05, 0.1) is 17.0 Å². The number of thiocarbonyl (C=S) groups is 1. The molecule has 6 rings (SSSR count). The van der Waals surface area contributed by atoms with E-state index < -0.39 is 0 Å². The summed E-state index contributed by atoms with van der Waals surface area (Å²) < 4.78 is 15.2. The molecule has 1 saturated heterocycles. The Labute approximate surface area is 222 Å². The first-order valence-corrected chi connectivity index (χ1v) is 13.0. The summed E-state index contributed by atoms with van der Waals surface area (Å²) in [6.45, 7) is 1.56. The van der Waals surface area contributed by atoms with Gasteiger partial charge in [-0.1, -0.05) is 66.4 Å². The largest absolute Gasteiger partial charge is 0.351 e. The Kier molecular flexibility index (Phi) is 6.10. The number of fused-ring (bicyclic) bond motifs is 2. The highest BCUT2D eigenvalue weighted by atomic mass is 32.2. The van der Waals surface area contributed by atoms with Gasteiger partial charge in [-0.25, -0.2) is 9.37 Å². The molecule has 0 saturated carbocycles. The molecule has 1 fully saturated rings. The van der Waals surface area contributed by atoms with Gasteiger partial charge in [-0.05, 0) is 53.5 Å². The summed E-state index contributed by atoms with van der Waals surface area (Å²) in [6, 6.07) is 19.7. The van der Waals surface area contributed by atoms with Crippen molar-refractivity contribution in [1.29, 1.82) is 0 Å². The molecule has 2 aliphatic heterocycles. The molecule has 0 aliphatic carbocycles. The van der Waals surface area contributed by atoms with E-state index in [2.05, 4.69) is 17.0 Å². The summed E-state index contributed by atoms with van der Waals surface area (Å²) >= 11 is 6.65. The van der Waals surface area contributed by atoms with Crippen LogP contribution in [0.15, 0.2) is 82.6 Å². The zero-order valence-corrected chi connectivity index (χ0v) is 21.3. The molecule has 6 nitrogen and oxygen atoms in total. The van der Waals surface area contributed by atoms with Gasteiger partial charge in [0.25, 0.3) is 11.5 Å². The molecular weight excluding hydrogens is 507 g/mol. The van der Waals surface area contributed by atoms with Crippen molar-refractivity contribution in [3.8, 4) is 0 Å². The summed E-state index contributed by atoms with van der Waals surface area (Å²) in [5.74, 6) is -0.0764. The maximum Gasteiger partial charge on any atom is 0.267 e. The lowest BCUT2D eigenvalue weighted by atomic mass is 9.99. The van der Waals surface area contributed by atoms with Crippen molar-refractivity contribution in [2.75, 3.05) is 11.4 Å². The molecule has 2 aliphatic rings. The van der Waals surface area contributed by atoms with E-state index in [0.29, 0.717) is 39.3 Å². The summed E-state index contributed by atoms with van der Waals surface area (Å²) in [5, 5.41) is 0. The molecule has 184 valence electrons. The first kappa shape index (κ1) is 23.6. The van der Waals surface area contributed by atoms with Gasteiger partial charge < -0.3 is 4.90 Å². The Morgan fingerprint density at radius 1 is 1.00 bits per heavy atom. The number of nitrogens with zero attached hydrogens (tertiary/aromatic N) is 4. The molecule has 37 heavy (non-hydrogen) atoms. The van der Waals surface area contributed by atoms with E-state index in [1.165, 1.54) is 32.6 Å². The zero-order valence-electron chi connectivity index (χ0n) is 19.6. The topological polar surface area (TPSA) is 57.9 Å². The molecule has 1 amide bonds. The number of aromatic nitrogens is 2. The van der Waals surface area contributed by atoms with Gasteiger partial charge in [-0.2, -0.15) is 0 Å². The quantitative estimate of drug-likeness (QED) is 0.280. The number of halogens is 1. The molecule has 0 spiro atoms. The van der Waals surface area contributed by atoms with Crippen LogP contribution < -0.4 is 10.5 Å². The van der Waals surface area contributed by atoms with Crippen molar-refractivity contribution in [3.63, 3.8) is 0 Å². The smallest absolute Gasteiger partial charge is 0.267 e.